The summed E-state index contributed by atoms with van der Waals surface area (Å²) >= 11 is 0. The van der Waals surface area contributed by atoms with Crippen molar-refractivity contribution in [3.8, 4) is 16.9 Å². The first kappa shape index (κ1) is 15.2. The minimum absolute atomic E-state index is 0.103. The van der Waals surface area contributed by atoms with Crippen molar-refractivity contribution >= 4 is 5.82 Å². The number of rotatable bonds is 3. The highest BCUT2D eigenvalue weighted by Crippen LogP contribution is 2.37. The average Bonchev–Trinajstić information content (AvgIpc) is 2.45. The predicted molar refractivity (Wildman–Crippen MR) is 75.6 cm³/mol. The quantitative estimate of drug-likeness (QED) is 0.860. The van der Waals surface area contributed by atoms with E-state index in [0.29, 0.717) is 16.9 Å². The summed E-state index contributed by atoms with van der Waals surface area (Å²) in [7, 11) is 4.57. The summed E-state index contributed by atoms with van der Waals surface area (Å²) < 4.78 is 44.6. The number of anilines is 1. The van der Waals surface area contributed by atoms with Gasteiger partial charge in [-0.15, -0.1) is 0 Å². The second-order valence-corrected chi connectivity index (χ2v) is 4.72. The standard InChI is InChI=1S/C15H15F3N2O/c1-20(2)14-13(15(16,17)18)8-11(9-19-14)10-5-4-6-12(7-10)21-3/h4-9H,1-3H3. The molecule has 2 aromatic rings. The maximum Gasteiger partial charge on any atom is 0.419 e. The molecule has 1 aromatic heterocycles. The number of methoxy groups -OCH3 is 1. The highest BCUT2D eigenvalue weighted by molar-refractivity contribution is 5.67. The third-order valence-corrected chi connectivity index (χ3v) is 3.00. The molecule has 21 heavy (non-hydrogen) atoms. The Morgan fingerprint density at radius 1 is 1.10 bits per heavy atom. The van der Waals surface area contributed by atoms with Gasteiger partial charge in [0, 0.05) is 25.9 Å². The maximum absolute atomic E-state index is 13.2. The van der Waals surface area contributed by atoms with Crippen molar-refractivity contribution in [1.82, 2.24) is 4.98 Å². The summed E-state index contributed by atoms with van der Waals surface area (Å²) in [6, 6.07) is 7.95. The van der Waals surface area contributed by atoms with Gasteiger partial charge in [0.2, 0.25) is 0 Å². The van der Waals surface area contributed by atoms with Crippen molar-refractivity contribution in [2.45, 2.75) is 6.18 Å². The number of hydrogen-bond acceptors (Lipinski definition) is 3. The maximum atomic E-state index is 13.2. The van der Waals surface area contributed by atoms with Crippen LogP contribution in [0.25, 0.3) is 11.1 Å². The van der Waals surface area contributed by atoms with Crippen LogP contribution in [0.1, 0.15) is 5.56 Å². The summed E-state index contributed by atoms with van der Waals surface area (Å²) in [5.74, 6) is 0.479. The Hall–Kier alpha value is -2.24. The minimum atomic E-state index is -4.46. The third-order valence-electron chi connectivity index (χ3n) is 3.00. The normalized spacial score (nSPS) is 11.3. The van der Waals surface area contributed by atoms with Gasteiger partial charge in [0.25, 0.3) is 0 Å². The lowest BCUT2D eigenvalue weighted by Crippen LogP contribution is -2.18. The predicted octanol–water partition coefficient (Wildman–Crippen LogP) is 3.84. The Morgan fingerprint density at radius 3 is 2.38 bits per heavy atom. The van der Waals surface area contributed by atoms with Gasteiger partial charge in [-0.05, 0) is 23.8 Å². The SMILES string of the molecule is COc1cccc(-c2cnc(N(C)C)c(C(F)(F)F)c2)c1. The fourth-order valence-corrected chi connectivity index (χ4v) is 1.98. The van der Waals surface area contributed by atoms with Crippen molar-refractivity contribution < 1.29 is 17.9 Å². The molecule has 0 aliphatic carbocycles. The molecule has 0 aliphatic rings. The van der Waals surface area contributed by atoms with Crippen molar-refractivity contribution in [2.24, 2.45) is 0 Å². The van der Waals surface area contributed by atoms with Crippen LogP contribution in [0.5, 0.6) is 5.75 Å². The number of benzene rings is 1. The highest BCUT2D eigenvalue weighted by atomic mass is 19.4. The molecule has 2 rings (SSSR count). The van der Waals surface area contributed by atoms with Gasteiger partial charge < -0.3 is 9.64 Å². The van der Waals surface area contributed by atoms with Gasteiger partial charge in [0.05, 0.1) is 12.7 Å². The van der Waals surface area contributed by atoms with Crippen LogP contribution < -0.4 is 9.64 Å². The molecule has 1 aromatic carbocycles. The van der Waals surface area contributed by atoms with Crippen LogP contribution in [-0.4, -0.2) is 26.2 Å². The first-order valence-corrected chi connectivity index (χ1v) is 6.22. The van der Waals surface area contributed by atoms with Gasteiger partial charge in [-0.25, -0.2) is 4.98 Å². The Bertz CT molecular complexity index is 639. The van der Waals surface area contributed by atoms with Crippen LogP contribution in [0.15, 0.2) is 36.5 Å². The van der Waals surface area contributed by atoms with Crippen molar-refractivity contribution in [1.29, 1.82) is 0 Å². The van der Waals surface area contributed by atoms with Gasteiger partial charge in [-0.1, -0.05) is 12.1 Å². The monoisotopic (exact) mass is 296 g/mol. The third kappa shape index (κ3) is 3.26. The number of pyridine rings is 1. The molecule has 0 saturated carbocycles. The molecule has 0 bridgehead atoms. The number of alkyl halides is 3. The van der Waals surface area contributed by atoms with Gasteiger partial charge in [-0.3, -0.25) is 0 Å². The zero-order chi connectivity index (χ0) is 15.6. The molecular formula is C15H15F3N2O. The van der Waals surface area contributed by atoms with Crippen molar-refractivity contribution in [3.63, 3.8) is 0 Å². The molecule has 0 spiro atoms. The lowest BCUT2D eigenvalue weighted by atomic mass is 10.0. The van der Waals surface area contributed by atoms with Crippen LogP contribution in [0.2, 0.25) is 0 Å². The molecule has 0 saturated heterocycles. The van der Waals surface area contributed by atoms with Crippen LogP contribution in [0, 0.1) is 0 Å². The van der Waals surface area contributed by atoms with E-state index in [1.54, 1.807) is 24.3 Å². The van der Waals surface area contributed by atoms with Crippen LogP contribution in [0.3, 0.4) is 0 Å². The van der Waals surface area contributed by atoms with E-state index in [1.165, 1.54) is 32.3 Å². The zero-order valence-electron chi connectivity index (χ0n) is 11.9. The molecule has 0 atom stereocenters. The average molecular weight is 296 g/mol. The number of nitrogens with zero attached hydrogens (tertiary/aromatic N) is 2. The molecule has 6 heteroatoms. The van der Waals surface area contributed by atoms with E-state index in [0.717, 1.165) is 6.07 Å². The molecular weight excluding hydrogens is 281 g/mol. The minimum Gasteiger partial charge on any atom is -0.497 e. The fourth-order valence-electron chi connectivity index (χ4n) is 1.98. The Balaban J connectivity index is 2.56. The Kier molecular flexibility index (Phi) is 4.06. The number of hydrogen-bond donors (Lipinski definition) is 0. The van der Waals surface area contributed by atoms with Crippen molar-refractivity contribution in [3.05, 3.63) is 42.1 Å². The van der Waals surface area contributed by atoms with E-state index in [2.05, 4.69) is 4.98 Å². The van der Waals surface area contributed by atoms with Gasteiger partial charge >= 0.3 is 6.18 Å². The largest absolute Gasteiger partial charge is 0.497 e. The lowest BCUT2D eigenvalue weighted by molar-refractivity contribution is -0.137. The molecule has 112 valence electrons. The smallest absolute Gasteiger partial charge is 0.419 e. The van der Waals surface area contributed by atoms with E-state index in [9.17, 15) is 13.2 Å². The fraction of sp³-hybridized carbons (Fsp3) is 0.267. The summed E-state index contributed by atoms with van der Waals surface area (Å²) in [6.45, 7) is 0. The molecule has 3 nitrogen and oxygen atoms in total. The summed E-state index contributed by atoms with van der Waals surface area (Å²) in [5, 5.41) is 0. The molecule has 0 aliphatic heterocycles. The molecule has 0 radical (unpaired) electrons. The van der Waals surface area contributed by atoms with Crippen LogP contribution in [-0.2, 0) is 6.18 Å². The summed E-state index contributed by atoms with van der Waals surface area (Å²) in [6.07, 6.45) is -3.03. The number of ether oxygens (including phenoxy) is 1. The molecule has 1 heterocycles. The lowest BCUT2D eigenvalue weighted by Gasteiger charge is -2.19. The number of halogens is 3. The zero-order valence-corrected chi connectivity index (χ0v) is 11.9. The van der Waals surface area contributed by atoms with Gasteiger partial charge in [0.1, 0.15) is 11.6 Å². The second-order valence-electron chi connectivity index (χ2n) is 4.72. The summed E-state index contributed by atoms with van der Waals surface area (Å²) in [4.78, 5) is 5.29. The second kappa shape index (κ2) is 5.63. The number of aromatic nitrogens is 1. The van der Waals surface area contributed by atoms with E-state index in [1.807, 2.05) is 0 Å². The van der Waals surface area contributed by atoms with Crippen LogP contribution in [0.4, 0.5) is 19.0 Å². The van der Waals surface area contributed by atoms with E-state index in [4.69, 9.17) is 4.74 Å². The van der Waals surface area contributed by atoms with Crippen molar-refractivity contribution in [2.75, 3.05) is 26.1 Å². The van der Waals surface area contributed by atoms with E-state index < -0.39 is 11.7 Å². The Labute approximate surface area is 121 Å². The first-order valence-electron chi connectivity index (χ1n) is 6.22. The van der Waals surface area contributed by atoms with Gasteiger partial charge in [-0.2, -0.15) is 13.2 Å². The van der Waals surface area contributed by atoms with E-state index >= 15 is 0 Å². The molecule has 0 amide bonds. The Morgan fingerprint density at radius 2 is 1.81 bits per heavy atom. The first-order chi connectivity index (χ1) is 9.82. The summed E-state index contributed by atoms with van der Waals surface area (Å²) in [5.41, 5.74) is 0.261. The van der Waals surface area contributed by atoms with Gasteiger partial charge in [0.15, 0.2) is 0 Å². The molecule has 0 N–H and O–H groups in total. The van der Waals surface area contributed by atoms with Crippen LogP contribution >= 0.6 is 0 Å². The van der Waals surface area contributed by atoms with E-state index in [-0.39, 0.29) is 5.82 Å². The highest BCUT2D eigenvalue weighted by Gasteiger charge is 2.35. The topological polar surface area (TPSA) is 25.4 Å². The molecule has 0 unspecified atom stereocenters. The molecule has 0 fully saturated rings.